The average Bonchev–Trinajstić information content (AvgIpc) is 2.43. The van der Waals surface area contributed by atoms with E-state index in [1.165, 1.54) is 30.4 Å². The Bertz CT molecular complexity index is 379. The van der Waals surface area contributed by atoms with Gasteiger partial charge in [-0.05, 0) is 58.8 Å². The van der Waals surface area contributed by atoms with E-state index in [2.05, 4.69) is 76.3 Å². The van der Waals surface area contributed by atoms with E-state index in [0.717, 1.165) is 6.54 Å². The molecule has 0 heterocycles. The SMILES string of the molecule is CCCCc1ccc(C(C)NCC(C)(C)N(C)C)cc1. The van der Waals surface area contributed by atoms with Gasteiger partial charge in [-0.15, -0.1) is 0 Å². The minimum Gasteiger partial charge on any atom is -0.308 e. The van der Waals surface area contributed by atoms with Crippen LogP contribution in [0.25, 0.3) is 0 Å². The zero-order valence-electron chi connectivity index (χ0n) is 14.2. The highest BCUT2D eigenvalue weighted by Crippen LogP contribution is 2.16. The van der Waals surface area contributed by atoms with Gasteiger partial charge >= 0.3 is 0 Å². The predicted octanol–water partition coefficient (Wildman–Crippen LogP) is 4.02. The highest BCUT2D eigenvalue weighted by atomic mass is 15.2. The third kappa shape index (κ3) is 5.26. The van der Waals surface area contributed by atoms with E-state index in [9.17, 15) is 0 Å². The van der Waals surface area contributed by atoms with Crippen LogP contribution in [0.15, 0.2) is 24.3 Å². The van der Waals surface area contributed by atoms with Crippen molar-refractivity contribution in [3.05, 3.63) is 35.4 Å². The standard InChI is InChI=1S/C18H32N2/c1-7-8-9-16-10-12-17(13-11-16)15(2)19-14-18(3,4)20(5)6/h10-13,15,19H,7-9,14H2,1-6H3. The highest BCUT2D eigenvalue weighted by molar-refractivity contribution is 5.24. The van der Waals surface area contributed by atoms with Crippen LogP contribution in [-0.2, 0) is 6.42 Å². The number of likely N-dealkylation sites (N-methyl/N-ethyl adjacent to an activating group) is 1. The van der Waals surface area contributed by atoms with E-state index >= 15 is 0 Å². The topological polar surface area (TPSA) is 15.3 Å². The smallest absolute Gasteiger partial charge is 0.0292 e. The highest BCUT2D eigenvalue weighted by Gasteiger charge is 2.20. The summed E-state index contributed by atoms with van der Waals surface area (Å²) >= 11 is 0. The summed E-state index contributed by atoms with van der Waals surface area (Å²) in [6.07, 6.45) is 3.75. The third-order valence-corrected chi connectivity index (χ3v) is 4.35. The van der Waals surface area contributed by atoms with E-state index in [4.69, 9.17) is 0 Å². The van der Waals surface area contributed by atoms with Crippen molar-refractivity contribution >= 4 is 0 Å². The van der Waals surface area contributed by atoms with Gasteiger partial charge < -0.3 is 10.2 Å². The lowest BCUT2D eigenvalue weighted by Crippen LogP contribution is -2.47. The van der Waals surface area contributed by atoms with E-state index in [0.29, 0.717) is 6.04 Å². The Hall–Kier alpha value is -0.860. The molecule has 0 fully saturated rings. The van der Waals surface area contributed by atoms with Crippen molar-refractivity contribution in [3.63, 3.8) is 0 Å². The summed E-state index contributed by atoms with van der Waals surface area (Å²) in [6, 6.07) is 9.49. The van der Waals surface area contributed by atoms with Crippen molar-refractivity contribution in [2.45, 2.75) is 58.5 Å². The van der Waals surface area contributed by atoms with Crippen molar-refractivity contribution in [2.75, 3.05) is 20.6 Å². The number of nitrogens with one attached hydrogen (secondary N) is 1. The van der Waals surface area contributed by atoms with Gasteiger partial charge in [0.15, 0.2) is 0 Å². The predicted molar refractivity (Wildman–Crippen MR) is 89.2 cm³/mol. The molecule has 0 amide bonds. The van der Waals surface area contributed by atoms with Crippen molar-refractivity contribution in [2.24, 2.45) is 0 Å². The zero-order chi connectivity index (χ0) is 15.2. The summed E-state index contributed by atoms with van der Waals surface area (Å²) in [6.45, 7) is 10.00. The van der Waals surface area contributed by atoms with Crippen molar-refractivity contribution in [1.82, 2.24) is 10.2 Å². The Morgan fingerprint density at radius 3 is 2.25 bits per heavy atom. The molecule has 20 heavy (non-hydrogen) atoms. The molecule has 0 spiro atoms. The molecule has 1 rings (SSSR count). The number of nitrogens with zero attached hydrogens (tertiary/aromatic N) is 1. The molecule has 1 aromatic carbocycles. The van der Waals surface area contributed by atoms with Gasteiger partial charge in [-0.3, -0.25) is 0 Å². The van der Waals surface area contributed by atoms with Crippen LogP contribution in [0.4, 0.5) is 0 Å². The summed E-state index contributed by atoms with van der Waals surface area (Å²) in [5, 5.41) is 3.64. The molecular formula is C18H32N2. The molecule has 1 unspecified atom stereocenters. The van der Waals surface area contributed by atoms with Gasteiger partial charge in [0.2, 0.25) is 0 Å². The normalized spacial score (nSPS) is 13.8. The second kappa shape index (κ2) is 7.80. The number of hydrogen-bond acceptors (Lipinski definition) is 2. The Morgan fingerprint density at radius 2 is 1.75 bits per heavy atom. The minimum atomic E-state index is 0.176. The first kappa shape index (κ1) is 17.2. The fourth-order valence-electron chi connectivity index (χ4n) is 2.03. The summed E-state index contributed by atoms with van der Waals surface area (Å²) in [5.74, 6) is 0. The molecule has 0 aliphatic rings. The second-order valence-electron chi connectivity index (χ2n) is 6.65. The zero-order valence-corrected chi connectivity index (χ0v) is 14.2. The molecule has 114 valence electrons. The molecule has 0 radical (unpaired) electrons. The maximum absolute atomic E-state index is 3.64. The van der Waals surface area contributed by atoms with Crippen LogP contribution in [0.1, 0.15) is 57.7 Å². The van der Waals surface area contributed by atoms with Crippen LogP contribution >= 0.6 is 0 Å². The number of benzene rings is 1. The van der Waals surface area contributed by atoms with Gasteiger partial charge in [0.05, 0.1) is 0 Å². The average molecular weight is 276 g/mol. The molecule has 0 saturated heterocycles. The maximum atomic E-state index is 3.64. The number of aryl methyl sites for hydroxylation is 1. The van der Waals surface area contributed by atoms with Crippen LogP contribution < -0.4 is 5.32 Å². The van der Waals surface area contributed by atoms with E-state index in [1.807, 2.05) is 0 Å². The summed E-state index contributed by atoms with van der Waals surface area (Å²) in [7, 11) is 4.27. The Morgan fingerprint density at radius 1 is 1.15 bits per heavy atom. The number of unbranched alkanes of at least 4 members (excludes halogenated alkanes) is 1. The largest absolute Gasteiger partial charge is 0.308 e. The molecule has 0 saturated carbocycles. The molecule has 1 atom stereocenters. The Balaban J connectivity index is 2.53. The molecule has 1 aromatic rings. The van der Waals surface area contributed by atoms with Crippen molar-refractivity contribution in [3.8, 4) is 0 Å². The summed E-state index contributed by atoms with van der Waals surface area (Å²) < 4.78 is 0. The molecule has 2 heteroatoms. The maximum Gasteiger partial charge on any atom is 0.0292 e. The molecule has 0 aliphatic heterocycles. The Kier molecular flexibility index (Phi) is 6.70. The lowest BCUT2D eigenvalue weighted by molar-refractivity contribution is 0.185. The monoisotopic (exact) mass is 276 g/mol. The lowest BCUT2D eigenvalue weighted by atomic mass is 10.0. The number of hydrogen-bond donors (Lipinski definition) is 1. The van der Waals surface area contributed by atoms with Gasteiger partial charge in [0.25, 0.3) is 0 Å². The van der Waals surface area contributed by atoms with Gasteiger partial charge in [0.1, 0.15) is 0 Å². The quantitative estimate of drug-likeness (QED) is 0.771. The van der Waals surface area contributed by atoms with Crippen molar-refractivity contribution in [1.29, 1.82) is 0 Å². The molecular weight excluding hydrogens is 244 g/mol. The minimum absolute atomic E-state index is 0.176. The van der Waals surface area contributed by atoms with E-state index in [1.54, 1.807) is 0 Å². The fraction of sp³-hybridized carbons (Fsp3) is 0.667. The molecule has 0 bridgehead atoms. The number of rotatable bonds is 8. The van der Waals surface area contributed by atoms with Gasteiger partial charge in [-0.1, -0.05) is 37.6 Å². The summed E-state index contributed by atoms with van der Waals surface area (Å²) in [5.41, 5.74) is 3.01. The van der Waals surface area contributed by atoms with Crippen LogP contribution in [0.3, 0.4) is 0 Å². The first-order valence-electron chi connectivity index (χ1n) is 7.86. The molecule has 1 N–H and O–H groups in total. The fourth-order valence-corrected chi connectivity index (χ4v) is 2.03. The van der Waals surface area contributed by atoms with E-state index < -0.39 is 0 Å². The third-order valence-electron chi connectivity index (χ3n) is 4.35. The van der Waals surface area contributed by atoms with Crippen LogP contribution in [0.5, 0.6) is 0 Å². The second-order valence-corrected chi connectivity index (χ2v) is 6.65. The van der Waals surface area contributed by atoms with Crippen molar-refractivity contribution < 1.29 is 0 Å². The lowest BCUT2D eigenvalue weighted by Gasteiger charge is -2.34. The molecule has 2 nitrogen and oxygen atoms in total. The van der Waals surface area contributed by atoms with Gasteiger partial charge in [-0.25, -0.2) is 0 Å². The Labute approximate surface area is 125 Å². The first-order valence-corrected chi connectivity index (χ1v) is 7.86. The van der Waals surface area contributed by atoms with Gasteiger partial charge in [-0.2, -0.15) is 0 Å². The van der Waals surface area contributed by atoms with Gasteiger partial charge in [0, 0.05) is 18.1 Å². The van der Waals surface area contributed by atoms with Crippen LogP contribution in [0.2, 0.25) is 0 Å². The first-order chi connectivity index (χ1) is 9.36. The molecule has 0 aliphatic carbocycles. The summed E-state index contributed by atoms with van der Waals surface area (Å²) in [4.78, 5) is 2.26. The molecule has 0 aromatic heterocycles. The van der Waals surface area contributed by atoms with E-state index in [-0.39, 0.29) is 5.54 Å². The van der Waals surface area contributed by atoms with Crippen LogP contribution in [0, 0.1) is 0 Å². The van der Waals surface area contributed by atoms with Crippen LogP contribution in [-0.4, -0.2) is 31.1 Å².